The molecule has 0 saturated carbocycles. The van der Waals surface area contributed by atoms with Crippen LogP contribution in [0.2, 0.25) is 0 Å². The molecule has 5 aromatic rings. The van der Waals surface area contributed by atoms with E-state index in [1.807, 2.05) is 54.6 Å². The highest BCUT2D eigenvalue weighted by molar-refractivity contribution is 6.10. The SMILES string of the molecule is CCOC(=O)c1ccc(N2C(=O)c3oc4ccccc4c(=O)c3C2c2ccc(OCc3ccccc3)cc2)cc1. The van der Waals surface area contributed by atoms with Crippen molar-refractivity contribution in [1.29, 1.82) is 0 Å². The largest absolute Gasteiger partial charge is 0.489 e. The van der Waals surface area contributed by atoms with Crippen LogP contribution in [0.25, 0.3) is 11.0 Å². The summed E-state index contributed by atoms with van der Waals surface area (Å²) in [6.07, 6.45) is 0. The van der Waals surface area contributed by atoms with Gasteiger partial charge in [-0.15, -0.1) is 0 Å². The zero-order valence-electron chi connectivity index (χ0n) is 21.7. The molecule has 0 bridgehead atoms. The van der Waals surface area contributed by atoms with Crippen LogP contribution in [-0.4, -0.2) is 18.5 Å². The molecule has 198 valence electrons. The first-order valence-electron chi connectivity index (χ1n) is 13.0. The number of hydrogen-bond donors (Lipinski definition) is 0. The van der Waals surface area contributed by atoms with Gasteiger partial charge < -0.3 is 13.9 Å². The van der Waals surface area contributed by atoms with Crippen LogP contribution in [0.3, 0.4) is 0 Å². The number of carbonyl (C=O) groups excluding carboxylic acids is 2. The third-order valence-electron chi connectivity index (χ3n) is 6.88. The van der Waals surface area contributed by atoms with E-state index in [2.05, 4.69) is 0 Å². The summed E-state index contributed by atoms with van der Waals surface area (Å²) in [4.78, 5) is 41.3. The van der Waals surface area contributed by atoms with Gasteiger partial charge >= 0.3 is 5.97 Å². The first kappa shape index (κ1) is 25.1. The maximum Gasteiger partial charge on any atom is 0.338 e. The zero-order valence-corrected chi connectivity index (χ0v) is 21.7. The van der Waals surface area contributed by atoms with Crippen molar-refractivity contribution >= 4 is 28.5 Å². The first-order valence-corrected chi connectivity index (χ1v) is 13.0. The monoisotopic (exact) mass is 531 g/mol. The molecule has 0 spiro atoms. The van der Waals surface area contributed by atoms with Crippen LogP contribution in [0.4, 0.5) is 5.69 Å². The second kappa shape index (κ2) is 10.5. The molecule has 40 heavy (non-hydrogen) atoms. The van der Waals surface area contributed by atoms with E-state index in [1.165, 1.54) is 4.90 Å². The van der Waals surface area contributed by atoms with E-state index in [1.54, 1.807) is 55.5 Å². The van der Waals surface area contributed by atoms with Crippen LogP contribution >= 0.6 is 0 Å². The lowest BCUT2D eigenvalue weighted by Crippen LogP contribution is -2.29. The second-order valence-corrected chi connectivity index (χ2v) is 9.36. The fourth-order valence-electron chi connectivity index (χ4n) is 4.96. The van der Waals surface area contributed by atoms with Crippen molar-refractivity contribution < 1.29 is 23.5 Å². The fourth-order valence-corrected chi connectivity index (χ4v) is 4.96. The van der Waals surface area contributed by atoms with Crippen LogP contribution in [0.15, 0.2) is 112 Å². The van der Waals surface area contributed by atoms with Gasteiger partial charge in [0.05, 0.1) is 29.2 Å². The minimum Gasteiger partial charge on any atom is -0.489 e. The molecule has 0 radical (unpaired) electrons. The number of fused-ring (bicyclic) bond motifs is 2. The van der Waals surface area contributed by atoms with Crippen LogP contribution < -0.4 is 15.1 Å². The standard InChI is InChI=1S/C33H25NO6/c1-2-38-33(37)23-12-16-24(17-13-23)34-29(22-14-18-25(19-15-22)39-20-21-8-4-3-5-9-21)28-30(35)26-10-6-7-11-27(26)40-31(28)32(34)36/h3-19,29H,2,20H2,1H3. The Morgan fingerprint density at radius 1 is 0.850 bits per heavy atom. The van der Waals surface area contributed by atoms with Gasteiger partial charge in [0.15, 0.2) is 5.43 Å². The van der Waals surface area contributed by atoms with Gasteiger partial charge in [-0.3, -0.25) is 14.5 Å². The van der Waals surface area contributed by atoms with Crippen LogP contribution in [0.1, 0.15) is 50.6 Å². The van der Waals surface area contributed by atoms with Gasteiger partial charge in [0.25, 0.3) is 5.91 Å². The van der Waals surface area contributed by atoms with E-state index in [0.29, 0.717) is 34.6 Å². The predicted molar refractivity (Wildman–Crippen MR) is 151 cm³/mol. The van der Waals surface area contributed by atoms with E-state index in [9.17, 15) is 14.4 Å². The van der Waals surface area contributed by atoms with E-state index in [0.717, 1.165) is 11.1 Å². The van der Waals surface area contributed by atoms with Gasteiger partial charge in [-0.25, -0.2) is 4.79 Å². The fraction of sp³-hybridized carbons (Fsp3) is 0.121. The lowest BCUT2D eigenvalue weighted by molar-refractivity contribution is 0.0526. The summed E-state index contributed by atoms with van der Waals surface area (Å²) in [7, 11) is 0. The Kier molecular flexibility index (Phi) is 6.62. The van der Waals surface area contributed by atoms with E-state index in [-0.39, 0.29) is 23.4 Å². The number of amides is 1. The molecular formula is C33H25NO6. The summed E-state index contributed by atoms with van der Waals surface area (Å²) in [5.74, 6) is -0.215. The Labute approximate surface area is 230 Å². The molecule has 1 unspecified atom stereocenters. The molecule has 1 atom stereocenters. The minimum absolute atomic E-state index is 0.00701. The Bertz CT molecular complexity index is 1760. The van der Waals surface area contributed by atoms with E-state index in [4.69, 9.17) is 13.9 Å². The van der Waals surface area contributed by atoms with Gasteiger partial charge in [-0.2, -0.15) is 0 Å². The molecule has 2 heterocycles. The number of nitrogens with zero attached hydrogens (tertiary/aromatic N) is 1. The third-order valence-corrected chi connectivity index (χ3v) is 6.88. The molecule has 0 aliphatic carbocycles. The second-order valence-electron chi connectivity index (χ2n) is 9.36. The highest BCUT2D eigenvalue weighted by Crippen LogP contribution is 2.41. The van der Waals surface area contributed by atoms with Crippen molar-refractivity contribution in [2.45, 2.75) is 19.6 Å². The molecule has 4 aromatic carbocycles. The van der Waals surface area contributed by atoms with Crippen molar-refractivity contribution in [2.24, 2.45) is 0 Å². The number of para-hydroxylation sites is 1. The van der Waals surface area contributed by atoms with Gasteiger partial charge in [-0.1, -0.05) is 54.6 Å². The van der Waals surface area contributed by atoms with Crippen LogP contribution in [0, 0.1) is 0 Å². The van der Waals surface area contributed by atoms with Crippen molar-refractivity contribution in [2.75, 3.05) is 11.5 Å². The molecular weight excluding hydrogens is 506 g/mol. The Morgan fingerprint density at radius 2 is 1.55 bits per heavy atom. The number of ether oxygens (including phenoxy) is 2. The molecule has 0 N–H and O–H groups in total. The molecule has 6 rings (SSSR count). The van der Waals surface area contributed by atoms with Gasteiger partial charge in [0, 0.05) is 5.69 Å². The predicted octanol–water partition coefficient (Wildman–Crippen LogP) is 6.30. The van der Waals surface area contributed by atoms with Crippen molar-refractivity contribution in [3.8, 4) is 5.75 Å². The van der Waals surface area contributed by atoms with E-state index < -0.39 is 17.9 Å². The topological polar surface area (TPSA) is 86.0 Å². The molecule has 1 aliphatic rings. The average molecular weight is 532 g/mol. The van der Waals surface area contributed by atoms with Gasteiger partial charge in [0.2, 0.25) is 5.76 Å². The molecule has 1 aliphatic heterocycles. The number of carbonyl (C=O) groups is 2. The van der Waals surface area contributed by atoms with Gasteiger partial charge in [-0.05, 0) is 66.6 Å². The number of anilines is 1. The third kappa shape index (κ3) is 4.52. The van der Waals surface area contributed by atoms with Crippen molar-refractivity contribution in [3.63, 3.8) is 0 Å². The van der Waals surface area contributed by atoms with Crippen LogP contribution in [0.5, 0.6) is 5.75 Å². The summed E-state index contributed by atoms with van der Waals surface area (Å²) >= 11 is 0. The number of rotatable bonds is 7. The molecule has 1 aromatic heterocycles. The Hall–Kier alpha value is -5.17. The van der Waals surface area contributed by atoms with Gasteiger partial charge in [0.1, 0.15) is 17.9 Å². The van der Waals surface area contributed by atoms with E-state index >= 15 is 0 Å². The molecule has 7 heteroatoms. The average Bonchev–Trinajstić information content (AvgIpc) is 3.29. The summed E-state index contributed by atoms with van der Waals surface area (Å²) < 4.78 is 17.0. The quantitative estimate of drug-likeness (QED) is 0.229. The summed E-state index contributed by atoms with van der Waals surface area (Å²) in [5.41, 5.74) is 3.01. The first-order chi connectivity index (χ1) is 19.5. The summed E-state index contributed by atoms with van der Waals surface area (Å²) in [6, 6.07) is 29.9. The number of esters is 1. The smallest absolute Gasteiger partial charge is 0.338 e. The zero-order chi connectivity index (χ0) is 27.6. The maximum atomic E-state index is 13.8. The molecule has 7 nitrogen and oxygen atoms in total. The summed E-state index contributed by atoms with van der Waals surface area (Å²) in [6.45, 7) is 2.41. The lowest BCUT2D eigenvalue weighted by Gasteiger charge is -2.25. The Morgan fingerprint density at radius 3 is 2.27 bits per heavy atom. The number of benzene rings is 4. The Balaban J connectivity index is 1.41. The normalized spacial score (nSPS) is 14.3. The van der Waals surface area contributed by atoms with Crippen molar-refractivity contribution in [3.05, 3.63) is 141 Å². The highest BCUT2D eigenvalue weighted by Gasteiger charge is 2.43. The molecule has 0 saturated heterocycles. The highest BCUT2D eigenvalue weighted by atomic mass is 16.5. The summed E-state index contributed by atoms with van der Waals surface area (Å²) in [5, 5.41) is 0.404. The van der Waals surface area contributed by atoms with Crippen molar-refractivity contribution in [1.82, 2.24) is 0 Å². The van der Waals surface area contributed by atoms with Crippen LogP contribution in [-0.2, 0) is 11.3 Å². The lowest BCUT2D eigenvalue weighted by atomic mass is 9.98. The number of hydrogen-bond acceptors (Lipinski definition) is 6. The minimum atomic E-state index is -0.736. The maximum absolute atomic E-state index is 13.8. The molecule has 0 fully saturated rings. The molecule has 1 amide bonds.